The number of benzene rings is 1. The Hall–Kier alpha value is -2.42. The van der Waals surface area contributed by atoms with Gasteiger partial charge in [0.15, 0.2) is 0 Å². The Morgan fingerprint density at radius 3 is 2.47 bits per heavy atom. The number of sulfonamides is 1. The molecule has 1 fully saturated rings. The largest absolute Gasteiger partial charge is 0.356 e. The molecule has 2 aliphatic rings. The standard InChI is InChI=1S/C21H29FN4O3S/c1-14(2)8-11-23-21(27)24-18-9-12-26(13-10-18)20-15(3)19(30(28,29)25-20)16-4-6-17(22)7-5-16/h4-7,14,18H,8-13H2,1-3H3,(H2,23,24,27). The van der Waals surface area contributed by atoms with Gasteiger partial charge < -0.3 is 15.5 Å². The molecule has 0 aliphatic carbocycles. The minimum absolute atomic E-state index is 0.0414. The van der Waals surface area contributed by atoms with Crippen molar-refractivity contribution in [2.45, 2.75) is 46.1 Å². The fourth-order valence-electron chi connectivity index (χ4n) is 3.73. The van der Waals surface area contributed by atoms with E-state index in [4.69, 9.17) is 0 Å². The Morgan fingerprint density at radius 1 is 1.23 bits per heavy atom. The summed E-state index contributed by atoms with van der Waals surface area (Å²) >= 11 is 0. The van der Waals surface area contributed by atoms with Crippen LogP contribution in [0, 0.1) is 11.7 Å². The second-order valence-electron chi connectivity index (χ2n) is 8.20. The molecule has 1 saturated heterocycles. The fourth-order valence-corrected chi connectivity index (χ4v) is 5.21. The predicted octanol–water partition coefficient (Wildman–Crippen LogP) is 3.11. The normalized spacial score (nSPS) is 19.2. The fraction of sp³-hybridized carbons (Fsp3) is 0.524. The Bertz CT molecular complexity index is 947. The van der Waals surface area contributed by atoms with E-state index in [0.717, 1.165) is 6.42 Å². The van der Waals surface area contributed by atoms with Crippen LogP contribution in [-0.4, -0.2) is 50.9 Å². The van der Waals surface area contributed by atoms with Gasteiger partial charge in [0.25, 0.3) is 10.0 Å². The van der Waals surface area contributed by atoms with Crippen molar-refractivity contribution in [1.29, 1.82) is 0 Å². The van der Waals surface area contributed by atoms with Gasteiger partial charge in [-0.3, -0.25) is 0 Å². The smallest absolute Gasteiger partial charge is 0.315 e. The minimum Gasteiger partial charge on any atom is -0.356 e. The number of nitrogens with one attached hydrogen (secondary N) is 2. The van der Waals surface area contributed by atoms with E-state index in [2.05, 4.69) is 28.9 Å². The van der Waals surface area contributed by atoms with Gasteiger partial charge in [0.2, 0.25) is 0 Å². The van der Waals surface area contributed by atoms with Crippen molar-refractivity contribution < 1.29 is 17.6 Å². The van der Waals surface area contributed by atoms with E-state index in [1.54, 1.807) is 6.92 Å². The summed E-state index contributed by atoms with van der Waals surface area (Å²) in [5.74, 6) is 0.554. The van der Waals surface area contributed by atoms with Crippen molar-refractivity contribution in [3.05, 3.63) is 41.2 Å². The number of rotatable bonds is 5. The molecule has 30 heavy (non-hydrogen) atoms. The van der Waals surface area contributed by atoms with Gasteiger partial charge in [-0.25, -0.2) is 9.18 Å². The van der Waals surface area contributed by atoms with Crippen LogP contribution in [0.25, 0.3) is 4.91 Å². The van der Waals surface area contributed by atoms with Crippen LogP contribution in [-0.2, 0) is 10.0 Å². The molecule has 2 amide bonds. The zero-order chi connectivity index (χ0) is 21.9. The molecule has 0 bridgehead atoms. The molecule has 0 atom stereocenters. The highest BCUT2D eigenvalue weighted by molar-refractivity contribution is 8.00. The highest BCUT2D eigenvalue weighted by atomic mass is 32.2. The predicted molar refractivity (Wildman–Crippen MR) is 116 cm³/mol. The summed E-state index contributed by atoms with van der Waals surface area (Å²) in [7, 11) is -3.83. The number of urea groups is 1. The first-order valence-electron chi connectivity index (χ1n) is 10.3. The lowest BCUT2D eigenvalue weighted by atomic mass is 10.0. The lowest BCUT2D eigenvalue weighted by Crippen LogP contribution is -2.49. The molecule has 0 aromatic heterocycles. The first kappa shape index (κ1) is 22.3. The number of hydrogen-bond donors (Lipinski definition) is 2. The lowest BCUT2D eigenvalue weighted by Gasteiger charge is -2.33. The van der Waals surface area contributed by atoms with Crippen LogP contribution in [0.1, 0.15) is 45.6 Å². The quantitative estimate of drug-likeness (QED) is 0.742. The van der Waals surface area contributed by atoms with Crippen LogP contribution in [0.4, 0.5) is 9.18 Å². The third-order valence-electron chi connectivity index (χ3n) is 5.38. The average molecular weight is 437 g/mol. The number of piperidine rings is 1. The van der Waals surface area contributed by atoms with E-state index in [-0.39, 0.29) is 17.0 Å². The van der Waals surface area contributed by atoms with Gasteiger partial charge in [0.1, 0.15) is 16.6 Å². The Labute approximate surface area is 177 Å². The Balaban J connectivity index is 1.61. The van der Waals surface area contributed by atoms with Crippen LogP contribution in [0.15, 0.2) is 34.2 Å². The molecule has 0 radical (unpaired) electrons. The van der Waals surface area contributed by atoms with Gasteiger partial charge in [-0.2, -0.15) is 8.42 Å². The molecule has 1 aromatic carbocycles. The van der Waals surface area contributed by atoms with E-state index >= 15 is 0 Å². The van der Waals surface area contributed by atoms with Crippen LogP contribution >= 0.6 is 0 Å². The van der Waals surface area contributed by atoms with E-state index in [9.17, 15) is 17.6 Å². The molecule has 2 aliphatic heterocycles. The number of amides is 2. The topological polar surface area (TPSA) is 90.9 Å². The minimum atomic E-state index is -3.83. The van der Waals surface area contributed by atoms with Crippen LogP contribution in [0.5, 0.6) is 0 Å². The van der Waals surface area contributed by atoms with Crippen molar-refractivity contribution >= 4 is 26.8 Å². The average Bonchev–Trinajstić information content (AvgIpc) is 2.92. The molecule has 1 aromatic rings. The van der Waals surface area contributed by atoms with Gasteiger partial charge in [0, 0.05) is 31.2 Å². The number of likely N-dealkylation sites (tertiary alicyclic amines) is 1. The van der Waals surface area contributed by atoms with Crippen molar-refractivity contribution in [2.24, 2.45) is 10.3 Å². The van der Waals surface area contributed by atoms with Gasteiger partial charge in [0.05, 0.1) is 0 Å². The molecule has 2 N–H and O–H groups in total. The molecule has 0 spiro atoms. The number of nitrogens with zero attached hydrogens (tertiary/aromatic N) is 2. The molecule has 2 heterocycles. The van der Waals surface area contributed by atoms with Crippen molar-refractivity contribution in [1.82, 2.24) is 15.5 Å². The molecular weight excluding hydrogens is 407 g/mol. The van der Waals surface area contributed by atoms with Crippen LogP contribution < -0.4 is 10.6 Å². The van der Waals surface area contributed by atoms with Crippen molar-refractivity contribution in [2.75, 3.05) is 19.6 Å². The third kappa shape index (κ3) is 5.19. The van der Waals surface area contributed by atoms with Gasteiger partial charge >= 0.3 is 6.03 Å². The number of carbonyl (C=O) groups is 1. The van der Waals surface area contributed by atoms with Crippen LogP contribution in [0.2, 0.25) is 0 Å². The maximum atomic E-state index is 13.2. The molecule has 7 nitrogen and oxygen atoms in total. The number of hydrogen-bond acceptors (Lipinski definition) is 4. The maximum Gasteiger partial charge on any atom is 0.315 e. The molecule has 9 heteroatoms. The Kier molecular flexibility index (Phi) is 6.80. The SMILES string of the molecule is CC1=C(c2ccc(F)cc2)S(=O)(=O)N=C1N1CCC(NC(=O)NCCC(C)C)CC1. The van der Waals surface area contributed by atoms with E-state index in [0.29, 0.717) is 55.4 Å². The van der Waals surface area contributed by atoms with E-state index < -0.39 is 15.8 Å². The maximum absolute atomic E-state index is 13.2. The summed E-state index contributed by atoms with van der Waals surface area (Å²) in [5.41, 5.74) is 1.00. The first-order valence-corrected chi connectivity index (χ1v) is 11.7. The molecule has 164 valence electrons. The van der Waals surface area contributed by atoms with Gasteiger partial charge in [-0.1, -0.05) is 26.0 Å². The summed E-state index contributed by atoms with van der Waals surface area (Å²) in [4.78, 5) is 14.1. The Morgan fingerprint density at radius 2 is 1.87 bits per heavy atom. The molecule has 0 saturated carbocycles. The second-order valence-corrected chi connectivity index (χ2v) is 9.74. The number of carbonyl (C=O) groups excluding carboxylic acids is 1. The first-order chi connectivity index (χ1) is 14.2. The zero-order valence-electron chi connectivity index (χ0n) is 17.6. The lowest BCUT2D eigenvalue weighted by molar-refractivity contribution is 0.226. The van der Waals surface area contributed by atoms with Gasteiger partial charge in [-0.15, -0.1) is 4.40 Å². The molecule has 0 unspecified atom stereocenters. The van der Waals surface area contributed by atoms with Crippen LogP contribution in [0.3, 0.4) is 0 Å². The van der Waals surface area contributed by atoms with Crippen molar-refractivity contribution in [3.8, 4) is 0 Å². The molecular formula is C21H29FN4O3S. The molecule has 3 rings (SSSR count). The third-order valence-corrected chi connectivity index (χ3v) is 6.86. The monoisotopic (exact) mass is 436 g/mol. The summed E-state index contributed by atoms with van der Waals surface area (Å²) in [6.07, 6.45) is 2.34. The summed E-state index contributed by atoms with van der Waals surface area (Å²) < 4.78 is 42.5. The highest BCUT2D eigenvalue weighted by Crippen LogP contribution is 2.34. The van der Waals surface area contributed by atoms with Crippen molar-refractivity contribution in [3.63, 3.8) is 0 Å². The summed E-state index contributed by atoms with van der Waals surface area (Å²) in [6, 6.07) is 5.28. The van der Waals surface area contributed by atoms with E-state index in [1.165, 1.54) is 24.3 Å². The summed E-state index contributed by atoms with van der Waals surface area (Å²) in [5, 5.41) is 5.86. The van der Waals surface area contributed by atoms with Gasteiger partial charge in [-0.05, 0) is 49.8 Å². The number of halogens is 1. The number of amidine groups is 1. The highest BCUT2D eigenvalue weighted by Gasteiger charge is 2.35. The zero-order valence-corrected chi connectivity index (χ0v) is 18.4. The van der Waals surface area contributed by atoms with E-state index in [1.807, 2.05) is 4.90 Å². The second kappa shape index (κ2) is 9.16. The summed E-state index contributed by atoms with van der Waals surface area (Å²) in [6.45, 7) is 7.79.